The third-order valence-electron chi connectivity index (χ3n) is 4.48. The second-order valence-electron chi connectivity index (χ2n) is 5.72. The van der Waals surface area contributed by atoms with Gasteiger partial charge in [0.1, 0.15) is 5.75 Å². The normalized spacial score (nSPS) is 27.4. The fourth-order valence-corrected chi connectivity index (χ4v) is 3.42. The van der Waals surface area contributed by atoms with Gasteiger partial charge >= 0.3 is 0 Å². The van der Waals surface area contributed by atoms with E-state index in [-0.39, 0.29) is 0 Å². The Hall–Kier alpha value is -1.42. The van der Waals surface area contributed by atoms with Gasteiger partial charge in [-0.1, -0.05) is 0 Å². The summed E-state index contributed by atoms with van der Waals surface area (Å²) in [5.74, 6) is 0.880. The number of nitrogens with two attached hydrogens (primary N) is 1. The number of ether oxygens (including phenoxy) is 1. The van der Waals surface area contributed by atoms with Crippen LogP contribution >= 0.6 is 0 Å². The van der Waals surface area contributed by atoms with Crippen molar-refractivity contribution in [1.82, 2.24) is 4.90 Å². The maximum atomic E-state index is 6.16. The Balaban J connectivity index is 1.88. The first-order chi connectivity index (χ1) is 9.19. The molecule has 2 N–H and O–H groups in total. The minimum atomic E-state index is 0.503. The largest absolute Gasteiger partial charge is 0.497 e. The van der Waals surface area contributed by atoms with Gasteiger partial charge in [-0.3, -0.25) is 4.90 Å². The molecule has 0 aromatic heterocycles. The van der Waals surface area contributed by atoms with E-state index < -0.39 is 0 Å². The molecule has 2 unspecified atom stereocenters. The van der Waals surface area contributed by atoms with E-state index in [1.165, 1.54) is 19.4 Å². The lowest BCUT2D eigenvalue weighted by Crippen LogP contribution is -2.55. The molecule has 104 valence electrons. The quantitative estimate of drug-likeness (QED) is 0.826. The van der Waals surface area contributed by atoms with E-state index in [1.807, 2.05) is 12.1 Å². The van der Waals surface area contributed by atoms with Crippen LogP contribution in [0.1, 0.15) is 19.8 Å². The summed E-state index contributed by atoms with van der Waals surface area (Å²) < 4.78 is 5.33. The molecule has 1 aromatic rings. The minimum Gasteiger partial charge on any atom is -0.497 e. The van der Waals surface area contributed by atoms with Crippen LogP contribution in [0.3, 0.4) is 0 Å². The van der Waals surface area contributed by atoms with Gasteiger partial charge in [0.25, 0.3) is 0 Å². The highest BCUT2D eigenvalue weighted by atomic mass is 16.5. The first kappa shape index (κ1) is 12.6. The third kappa shape index (κ3) is 2.25. The van der Waals surface area contributed by atoms with Crippen molar-refractivity contribution in [3.8, 4) is 5.75 Å². The van der Waals surface area contributed by atoms with Crippen LogP contribution in [0, 0.1) is 0 Å². The molecule has 3 rings (SSSR count). The van der Waals surface area contributed by atoms with Gasteiger partial charge in [-0.2, -0.15) is 0 Å². The summed E-state index contributed by atoms with van der Waals surface area (Å²) in [4.78, 5) is 5.07. The van der Waals surface area contributed by atoms with E-state index in [2.05, 4.69) is 22.8 Å². The Morgan fingerprint density at radius 2 is 2.16 bits per heavy atom. The Morgan fingerprint density at radius 1 is 1.32 bits per heavy atom. The van der Waals surface area contributed by atoms with Gasteiger partial charge in [-0.15, -0.1) is 0 Å². The number of hydrogen-bond donors (Lipinski definition) is 1. The average molecular weight is 261 g/mol. The molecule has 2 fully saturated rings. The predicted molar refractivity (Wildman–Crippen MR) is 78.8 cm³/mol. The summed E-state index contributed by atoms with van der Waals surface area (Å²) in [6.45, 7) is 5.77. The molecular weight excluding hydrogens is 238 g/mol. The van der Waals surface area contributed by atoms with E-state index in [4.69, 9.17) is 10.5 Å². The van der Waals surface area contributed by atoms with Crippen molar-refractivity contribution in [2.24, 2.45) is 0 Å². The number of hydrogen-bond acceptors (Lipinski definition) is 4. The average Bonchev–Trinajstić information content (AvgIpc) is 2.85. The van der Waals surface area contributed by atoms with Crippen molar-refractivity contribution < 1.29 is 4.74 Å². The van der Waals surface area contributed by atoms with Crippen LogP contribution in [0.15, 0.2) is 18.2 Å². The highest BCUT2D eigenvalue weighted by Crippen LogP contribution is 2.34. The summed E-state index contributed by atoms with van der Waals surface area (Å²) in [6.07, 6.45) is 2.64. The molecule has 4 nitrogen and oxygen atoms in total. The topological polar surface area (TPSA) is 41.7 Å². The molecule has 19 heavy (non-hydrogen) atoms. The van der Waals surface area contributed by atoms with Crippen LogP contribution in [-0.4, -0.2) is 43.7 Å². The number of methoxy groups -OCH3 is 1. The van der Waals surface area contributed by atoms with Crippen LogP contribution in [0.5, 0.6) is 5.75 Å². The second-order valence-corrected chi connectivity index (χ2v) is 5.72. The summed E-state index contributed by atoms with van der Waals surface area (Å²) in [5, 5.41) is 0. The highest BCUT2D eigenvalue weighted by molar-refractivity contribution is 5.70. The van der Waals surface area contributed by atoms with Crippen molar-refractivity contribution >= 4 is 11.4 Å². The molecule has 0 saturated carbocycles. The monoisotopic (exact) mass is 261 g/mol. The molecule has 0 amide bonds. The maximum absolute atomic E-state index is 6.16. The number of rotatable bonds is 2. The second kappa shape index (κ2) is 4.93. The Labute approximate surface area is 115 Å². The van der Waals surface area contributed by atoms with Crippen molar-refractivity contribution in [1.29, 1.82) is 0 Å². The highest BCUT2D eigenvalue weighted by Gasteiger charge is 2.35. The number of anilines is 2. The standard InChI is InChI=1S/C15H23N3O/c1-11-9-17-7-3-4-12(17)10-18(11)15-8-13(19-2)5-6-14(15)16/h5-6,8,11-12H,3-4,7,9-10,16H2,1-2H3. The van der Waals surface area contributed by atoms with Crippen molar-refractivity contribution in [2.45, 2.75) is 31.8 Å². The van der Waals surface area contributed by atoms with E-state index in [0.717, 1.165) is 30.2 Å². The molecular formula is C15H23N3O. The van der Waals surface area contributed by atoms with Crippen LogP contribution in [0.2, 0.25) is 0 Å². The predicted octanol–water partition coefficient (Wildman–Crippen LogP) is 1.95. The maximum Gasteiger partial charge on any atom is 0.121 e. The number of fused-ring (bicyclic) bond motifs is 1. The SMILES string of the molecule is COc1ccc(N)c(N2CC3CCCN3CC2C)c1. The number of nitrogen functional groups attached to an aromatic ring is 1. The molecule has 1 aromatic carbocycles. The molecule has 0 bridgehead atoms. The number of benzene rings is 1. The summed E-state index contributed by atoms with van der Waals surface area (Å²) in [7, 11) is 1.70. The van der Waals surface area contributed by atoms with Crippen molar-refractivity contribution in [2.75, 3.05) is 37.4 Å². The van der Waals surface area contributed by atoms with E-state index in [9.17, 15) is 0 Å². The summed E-state index contributed by atoms with van der Waals surface area (Å²) in [5.41, 5.74) is 8.13. The third-order valence-corrected chi connectivity index (χ3v) is 4.48. The lowest BCUT2D eigenvalue weighted by molar-refractivity contribution is 0.203. The van der Waals surface area contributed by atoms with E-state index >= 15 is 0 Å². The Bertz CT molecular complexity index is 463. The summed E-state index contributed by atoms with van der Waals surface area (Å²) in [6, 6.07) is 7.14. The van der Waals surface area contributed by atoms with Crippen LogP contribution in [-0.2, 0) is 0 Å². The number of nitrogens with zero attached hydrogens (tertiary/aromatic N) is 2. The summed E-state index contributed by atoms with van der Waals surface area (Å²) >= 11 is 0. The van der Waals surface area contributed by atoms with Gasteiger partial charge in [0.15, 0.2) is 0 Å². The lowest BCUT2D eigenvalue weighted by Gasteiger charge is -2.44. The Morgan fingerprint density at radius 3 is 2.95 bits per heavy atom. The minimum absolute atomic E-state index is 0.503. The molecule has 0 spiro atoms. The molecule has 0 radical (unpaired) electrons. The zero-order chi connectivity index (χ0) is 13.4. The molecule has 2 saturated heterocycles. The zero-order valence-electron chi connectivity index (χ0n) is 11.8. The van der Waals surface area contributed by atoms with Gasteiger partial charge in [-0.25, -0.2) is 0 Å². The zero-order valence-corrected chi connectivity index (χ0v) is 11.8. The van der Waals surface area contributed by atoms with Crippen LogP contribution < -0.4 is 15.4 Å². The van der Waals surface area contributed by atoms with Gasteiger partial charge < -0.3 is 15.4 Å². The molecule has 2 atom stereocenters. The molecule has 0 aliphatic carbocycles. The van der Waals surface area contributed by atoms with Gasteiger partial charge in [-0.05, 0) is 38.4 Å². The number of piperazine rings is 1. The molecule has 2 heterocycles. The van der Waals surface area contributed by atoms with Crippen molar-refractivity contribution in [3.63, 3.8) is 0 Å². The first-order valence-electron chi connectivity index (χ1n) is 7.13. The molecule has 2 aliphatic rings. The smallest absolute Gasteiger partial charge is 0.121 e. The van der Waals surface area contributed by atoms with Crippen LogP contribution in [0.25, 0.3) is 0 Å². The first-order valence-corrected chi connectivity index (χ1v) is 7.13. The van der Waals surface area contributed by atoms with Gasteiger partial charge in [0.2, 0.25) is 0 Å². The van der Waals surface area contributed by atoms with E-state index in [1.54, 1.807) is 7.11 Å². The van der Waals surface area contributed by atoms with Crippen molar-refractivity contribution in [3.05, 3.63) is 18.2 Å². The van der Waals surface area contributed by atoms with Gasteiger partial charge in [0.05, 0.1) is 18.5 Å². The molecule has 4 heteroatoms. The Kier molecular flexibility index (Phi) is 3.27. The molecule has 2 aliphatic heterocycles. The fraction of sp³-hybridized carbons (Fsp3) is 0.600. The van der Waals surface area contributed by atoms with Gasteiger partial charge in [0, 0.05) is 31.2 Å². The fourth-order valence-electron chi connectivity index (χ4n) is 3.42. The lowest BCUT2D eigenvalue weighted by atomic mass is 10.1. The van der Waals surface area contributed by atoms with E-state index in [0.29, 0.717) is 12.1 Å². The van der Waals surface area contributed by atoms with Crippen LogP contribution in [0.4, 0.5) is 11.4 Å².